The minimum Gasteiger partial charge on any atom is -0.276 e. The molecule has 0 amide bonds. The summed E-state index contributed by atoms with van der Waals surface area (Å²) in [6.45, 7) is 0. The molecule has 1 aromatic carbocycles. The van der Waals surface area contributed by atoms with E-state index in [0.29, 0.717) is 0 Å². The number of hydrogen-bond donors (Lipinski definition) is 0. The largest absolute Gasteiger partial charge is 0.276 e. The molecule has 0 aliphatic carbocycles. The van der Waals surface area contributed by atoms with Crippen LogP contribution >= 0.6 is 38.2 Å². The molecule has 1 aromatic rings. The van der Waals surface area contributed by atoms with Crippen molar-refractivity contribution < 1.29 is 13.2 Å². The van der Waals surface area contributed by atoms with Crippen molar-refractivity contribution >= 4 is 52.5 Å². The van der Waals surface area contributed by atoms with Gasteiger partial charge in [-0.3, -0.25) is 4.79 Å². The summed E-state index contributed by atoms with van der Waals surface area (Å²) in [4.78, 5) is 10.7. The Morgan fingerprint density at radius 2 is 1.93 bits per heavy atom. The Morgan fingerprint density at radius 1 is 1.36 bits per heavy atom. The molecular weight excluding hydrogens is 315 g/mol. The van der Waals surface area contributed by atoms with Crippen LogP contribution in [-0.4, -0.2) is 13.7 Å². The summed E-state index contributed by atoms with van der Waals surface area (Å²) in [5.74, 6) is 0. The second-order valence-electron chi connectivity index (χ2n) is 2.33. The minimum atomic E-state index is -3.88. The number of rotatable bonds is 2. The highest BCUT2D eigenvalue weighted by atomic mass is 79.9. The molecule has 0 saturated heterocycles. The molecule has 0 atom stereocenters. The van der Waals surface area contributed by atoms with Crippen LogP contribution in [0.2, 0.25) is 0 Å². The molecule has 14 heavy (non-hydrogen) atoms. The first-order chi connectivity index (χ1) is 6.34. The fourth-order valence-electron chi connectivity index (χ4n) is 0.851. The maximum absolute atomic E-state index is 11.0. The predicted molar refractivity (Wildman–Crippen MR) is 57.4 cm³/mol. The van der Waals surface area contributed by atoms with Crippen molar-refractivity contribution in [1.82, 2.24) is 0 Å². The lowest BCUT2D eigenvalue weighted by atomic mass is 10.2. The zero-order chi connectivity index (χ0) is 10.9. The summed E-state index contributed by atoms with van der Waals surface area (Å²) in [5.41, 5.74) is 0.0633. The van der Waals surface area contributed by atoms with Crippen LogP contribution in [0.4, 0.5) is 0 Å². The standard InChI is InChI=1S/C7H3BrCl2O3S/c8-6-4(7(9)11)2-1-3-5(6)14(10,12)13/h1-3H. The maximum atomic E-state index is 11.0. The van der Waals surface area contributed by atoms with Crippen LogP contribution in [0.3, 0.4) is 0 Å². The van der Waals surface area contributed by atoms with E-state index in [4.69, 9.17) is 22.3 Å². The zero-order valence-electron chi connectivity index (χ0n) is 6.50. The highest BCUT2D eigenvalue weighted by molar-refractivity contribution is 9.10. The highest BCUT2D eigenvalue weighted by Crippen LogP contribution is 2.29. The van der Waals surface area contributed by atoms with Gasteiger partial charge in [-0.2, -0.15) is 0 Å². The summed E-state index contributed by atoms with van der Waals surface area (Å²) in [6.07, 6.45) is 0. The third-order valence-electron chi connectivity index (χ3n) is 1.44. The fraction of sp³-hybridized carbons (Fsp3) is 0. The number of carbonyl (C=O) groups excluding carboxylic acids is 1. The summed E-state index contributed by atoms with van der Waals surface area (Å²) >= 11 is 8.17. The third-order valence-corrected chi connectivity index (χ3v) is 4.12. The lowest BCUT2D eigenvalue weighted by Gasteiger charge is -2.02. The van der Waals surface area contributed by atoms with Crippen molar-refractivity contribution in [2.24, 2.45) is 0 Å². The van der Waals surface area contributed by atoms with Gasteiger partial charge in [-0.25, -0.2) is 8.42 Å². The molecule has 0 heterocycles. The van der Waals surface area contributed by atoms with Crippen LogP contribution in [0.1, 0.15) is 10.4 Å². The Bertz CT molecular complexity index is 484. The minimum absolute atomic E-state index is 0.0633. The van der Waals surface area contributed by atoms with E-state index in [0.717, 1.165) is 0 Å². The van der Waals surface area contributed by atoms with Gasteiger partial charge in [0.15, 0.2) is 0 Å². The molecule has 0 radical (unpaired) electrons. The van der Waals surface area contributed by atoms with Crippen LogP contribution in [-0.2, 0) is 9.05 Å². The zero-order valence-corrected chi connectivity index (χ0v) is 10.4. The van der Waals surface area contributed by atoms with Gasteiger partial charge >= 0.3 is 0 Å². The molecule has 7 heteroatoms. The molecule has 0 spiro atoms. The summed E-state index contributed by atoms with van der Waals surface area (Å²) in [7, 11) is 1.25. The fourth-order valence-corrected chi connectivity index (χ4v) is 3.44. The molecule has 3 nitrogen and oxygen atoms in total. The summed E-state index contributed by atoms with van der Waals surface area (Å²) < 4.78 is 22.1. The van der Waals surface area contributed by atoms with E-state index < -0.39 is 14.3 Å². The summed E-state index contributed by atoms with van der Waals surface area (Å²) in [5, 5.41) is -0.751. The van der Waals surface area contributed by atoms with Gasteiger partial charge in [-0.05, 0) is 39.7 Å². The smallest absolute Gasteiger partial charge is 0.262 e. The van der Waals surface area contributed by atoms with Crippen molar-refractivity contribution in [3.8, 4) is 0 Å². The number of carbonyl (C=O) groups is 1. The normalized spacial score (nSPS) is 11.4. The van der Waals surface area contributed by atoms with E-state index in [-0.39, 0.29) is 14.9 Å². The van der Waals surface area contributed by atoms with Gasteiger partial charge in [0.05, 0.1) is 4.90 Å². The molecule has 0 aliphatic heterocycles. The Balaban J connectivity index is 3.51. The van der Waals surface area contributed by atoms with Crippen LogP contribution in [0, 0.1) is 0 Å². The molecular formula is C7H3BrCl2O3S. The maximum Gasteiger partial charge on any atom is 0.262 e. The SMILES string of the molecule is O=C(Cl)c1cccc(S(=O)(=O)Cl)c1Br. The van der Waals surface area contributed by atoms with Gasteiger partial charge in [0.2, 0.25) is 0 Å². The Kier molecular flexibility index (Phi) is 3.58. The number of hydrogen-bond acceptors (Lipinski definition) is 3. The van der Waals surface area contributed by atoms with E-state index in [9.17, 15) is 13.2 Å². The molecule has 76 valence electrons. The van der Waals surface area contributed by atoms with Crippen molar-refractivity contribution in [2.45, 2.75) is 4.90 Å². The van der Waals surface area contributed by atoms with Crippen molar-refractivity contribution in [1.29, 1.82) is 0 Å². The van der Waals surface area contributed by atoms with Crippen molar-refractivity contribution in [3.63, 3.8) is 0 Å². The molecule has 0 saturated carbocycles. The summed E-state index contributed by atoms with van der Waals surface area (Å²) in [6, 6.07) is 4.05. The Labute approximate surface area is 98.6 Å². The van der Waals surface area contributed by atoms with E-state index >= 15 is 0 Å². The average Bonchev–Trinajstić information content (AvgIpc) is 2.01. The first-order valence-electron chi connectivity index (χ1n) is 3.27. The van der Waals surface area contributed by atoms with Gasteiger partial charge in [0.25, 0.3) is 14.3 Å². The second-order valence-corrected chi connectivity index (χ2v) is 6.00. The Morgan fingerprint density at radius 3 is 2.36 bits per heavy atom. The Hall–Kier alpha value is -0.100. The van der Waals surface area contributed by atoms with Crippen LogP contribution < -0.4 is 0 Å². The van der Waals surface area contributed by atoms with Crippen LogP contribution in [0.15, 0.2) is 27.6 Å². The molecule has 0 aromatic heterocycles. The first-order valence-corrected chi connectivity index (χ1v) is 6.75. The van der Waals surface area contributed by atoms with E-state index in [1.165, 1.54) is 18.2 Å². The molecule has 0 aliphatic rings. The van der Waals surface area contributed by atoms with Crippen LogP contribution in [0.5, 0.6) is 0 Å². The van der Waals surface area contributed by atoms with Gasteiger partial charge in [0, 0.05) is 20.7 Å². The second kappa shape index (κ2) is 4.18. The van der Waals surface area contributed by atoms with E-state index in [1.807, 2.05) is 0 Å². The molecule has 0 bridgehead atoms. The number of benzene rings is 1. The van der Waals surface area contributed by atoms with Crippen molar-refractivity contribution in [3.05, 3.63) is 28.2 Å². The molecule has 0 unspecified atom stereocenters. The van der Waals surface area contributed by atoms with Gasteiger partial charge in [0.1, 0.15) is 0 Å². The van der Waals surface area contributed by atoms with E-state index in [1.54, 1.807) is 0 Å². The quantitative estimate of drug-likeness (QED) is 0.788. The number of halogens is 3. The van der Waals surface area contributed by atoms with Crippen molar-refractivity contribution in [2.75, 3.05) is 0 Å². The highest BCUT2D eigenvalue weighted by Gasteiger charge is 2.18. The molecule has 0 N–H and O–H groups in total. The molecule has 1 rings (SSSR count). The van der Waals surface area contributed by atoms with Gasteiger partial charge in [-0.15, -0.1) is 0 Å². The van der Waals surface area contributed by atoms with Gasteiger partial charge < -0.3 is 0 Å². The topological polar surface area (TPSA) is 51.2 Å². The van der Waals surface area contributed by atoms with Crippen LogP contribution in [0.25, 0.3) is 0 Å². The first kappa shape index (κ1) is 12.0. The van der Waals surface area contributed by atoms with Gasteiger partial charge in [-0.1, -0.05) is 6.07 Å². The average molecular weight is 318 g/mol. The van der Waals surface area contributed by atoms with E-state index in [2.05, 4.69) is 15.9 Å². The third kappa shape index (κ3) is 2.48. The predicted octanol–water partition coefficient (Wildman–Crippen LogP) is 2.76. The lowest BCUT2D eigenvalue weighted by molar-refractivity contribution is 0.108. The monoisotopic (exact) mass is 316 g/mol. The lowest BCUT2D eigenvalue weighted by Crippen LogP contribution is -1.98. The molecule has 0 fully saturated rings.